The van der Waals surface area contributed by atoms with Crippen LogP contribution in [0, 0.1) is 0 Å². The van der Waals surface area contributed by atoms with Gasteiger partial charge in [-0.15, -0.1) is 0 Å². The van der Waals surface area contributed by atoms with Gasteiger partial charge in [-0.1, -0.05) is 13.8 Å². The maximum atomic E-state index is 4.32. The molecule has 0 spiro atoms. The van der Waals surface area contributed by atoms with E-state index < -0.39 is 0 Å². The molecule has 0 bridgehead atoms. The topological polar surface area (TPSA) is 17.8 Å². The largest absolute Gasteiger partial charge is 0.272 e. The minimum atomic E-state index is 0.620. The Morgan fingerprint density at radius 3 is 2.67 bits per heavy atom. The van der Waals surface area contributed by atoms with Crippen LogP contribution in [-0.2, 0) is 7.05 Å². The Hall–Kier alpha value is -0.790. The Morgan fingerprint density at radius 1 is 1.50 bits per heavy atom. The van der Waals surface area contributed by atoms with Crippen molar-refractivity contribution in [2.45, 2.75) is 38.5 Å². The number of aryl methyl sites for hydroxylation is 1. The van der Waals surface area contributed by atoms with Crippen molar-refractivity contribution in [3.05, 3.63) is 17.5 Å². The molecule has 1 fully saturated rings. The third-order valence-electron chi connectivity index (χ3n) is 2.60. The van der Waals surface area contributed by atoms with Crippen LogP contribution in [0.1, 0.15) is 49.8 Å². The molecule has 66 valence electrons. The average Bonchev–Trinajstić information content (AvgIpc) is 2.75. The zero-order valence-electron chi connectivity index (χ0n) is 8.04. The summed E-state index contributed by atoms with van der Waals surface area (Å²) in [5, 5.41) is 4.32. The van der Waals surface area contributed by atoms with Crippen LogP contribution >= 0.6 is 0 Å². The van der Waals surface area contributed by atoms with Gasteiger partial charge in [0.05, 0.1) is 6.20 Å². The Labute approximate surface area is 73.6 Å². The molecule has 0 aromatic carbocycles. The van der Waals surface area contributed by atoms with Crippen molar-refractivity contribution in [3.8, 4) is 0 Å². The molecule has 1 aromatic heterocycles. The van der Waals surface area contributed by atoms with Crippen LogP contribution in [0.3, 0.4) is 0 Å². The summed E-state index contributed by atoms with van der Waals surface area (Å²) in [4.78, 5) is 0. The molecular weight excluding hydrogens is 148 g/mol. The van der Waals surface area contributed by atoms with Crippen molar-refractivity contribution in [1.29, 1.82) is 0 Å². The molecule has 1 aliphatic carbocycles. The molecule has 1 aromatic rings. The van der Waals surface area contributed by atoms with Gasteiger partial charge in [-0.25, -0.2) is 0 Å². The molecule has 0 N–H and O–H groups in total. The SMILES string of the molecule is CC(C)c1cnn(C)c1C1CC1. The fourth-order valence-electron chi connectivity index (χ4n) is 1.77. The quantitative estimate of drug-likeness (QED) is 0.656. The van der Waals surface area contributed by atoms with Gasteiger partial charge in [0.2, 0.25) is 0 Å². The van der Waals surface area contributed by atoms with E-state index in [9.17, 15) is 0 Å². The Balaban J connectivity index is 2.39. The van der Waals surface area contributed by atoms with Crippen LogP contribution in [0.5, 0.6) is 0 Å². The van der Waals surface area contributed by atoms with Crippen LogP contribution in [0.25, 0.3) is 0 Å². The van der Waals surface area contributed by atoms with Gasteiger partial charge in [0, 0.05) is 18.7 Å². The normalized spacial score (nSPS) is 17.3. The van der Waals surface area contributed by atoms with Gasteiger partial charge in [0.25, 0.3) is 0 Å². The van der Waals surface area contributed by atoms with Crippen molar-refractivity contribution < 1.29 is 0 Å². The molecule has 1 aliphatic rings. The van der Waals surface area contributed by atoms with E-state index in [1.807, 2.05) is 10.9 Å². The fraction of sp³-hybridized carbons (Fsp3) is 0.700. The lowest BCUT2D eigenvalue weighted by atomic mass is 10.0. The second kappa shape index (κ2) is 2.61. The van der Waals surface area contributed by atoms with Crippen molar-refractivity contribution in [2.24, 2.45) is 7.05 Å². The molecule has 2 heteroatoms. The second-order valence-electron chi connectivity index (χ2n) is 4.04. The highest BCUT2D eigenvalue weighted by molar-refractivity contribution is 5.27. The van der Waals surface area contributed by atoms with E-state index in [1.165, 1.54) is 24.1 Å². The predicted octanol–water partition coefficient (Wildman–Crippen LogP) is 2.42. The highest BCUT2D eigenvalue weighted by atomic mass is 15.3. The van der Waals surface area contributed by atoms with E-state index in [0.717, 1.165) is 5.92 Å². The molecule has 2 rings (SSSR count). The number of rotatable bonds is 2. The van der Waals surface area contributed by atoms with Crippen molar-refractivity contribution in [1.82, 2.24) is 9.78 Å². The third kappa shape index (κ3) is 1.15. The smallest absolute Gasteiger partial charge is 0.0527 e. The molecule has 0 amide bonds. The summed E-state index contributed by atoms with van der Waals surface area (Å²) < 4.78 is 2.05. The molecule has 2 nitrogen and oxygen atoms in total. The van der Waals surface area contributed by atoms with Crippen molar-refractivity contribution >= 4 is 0 Å². The third-order valence-corrected chi connectivity index (χ3v) is 2.60. The maximum Gasteiger partial charge on any atom is 0.0527 e. The van der Waals surface area contributed by atoms with Crippen LogP contribution < -0.4 is 0 Å². The lowest BCUT2D eigenvalue weighted by molar-refractivity contribution is 0.704. The molecular formula is C10H16N2. The van der Waals surface area contributed by atoms with Gasteiger partial charge >= 0.3 is 0 Å². The summed E-state index contributed by atoms with van der Waals surface area (Å²) in [6.45, 7) is 4.48. The number of hydrogen-bond acceptors (Lipinski definition) is 1. The van der Waals surface area contributed by atoms with E-state index in [4.69, 9.17) is 0 Å². The first kappa shape index (κ1) is 7.84. The second-order valence-corrected chi connectivity index (χ2v) is 4.04. The van der Waals surface area contributed by atoms with E-state index in [0.29, 0.717) is 5.92 Å². The van der Waals surface area contributed by atoms with E-state index >= 15 is 0 Å². The summed E-state index contributed by atoms with van der Waals surface area (Å²) in [7, 11) is 2.06. The molecule has 0 atom stereocenters. The van der Waals surface area contributed by atoms with Crippen molar-refractivity contribution in [2.75, 3.05) is 0 Å². The summed E-state index contributed by atoms with van der Waals surface area (Å²) in [6, 6.07) is 0. The van der Waals surface area contributed by atoms with Crippen LogP contribution in [-0.4, -0.2) is 9.78 Å². The number of aromatic nitrogens is 2. The number of hydrogen-bond donors (Lipinski definition) is 0. The van der Waals surface area contributed by atoms with Crippen LogP contribution in [0.2, 0.25) is 0 Å². The van der Waals surface area contributed by atoms with Gasteiger partial charge in [-0.05, 0) is 24.3 Å². The summed E-state index contributed by atoms with van der Waals surface area (Å²) >= 11 is 0. The van der Waals surface area contributed by atoms with Crippen molar-refractivity contribution in [3.63, 3.8) is 0 Å². The Kier molecular flexibility index (Phi) is 1.71. The van der Waals surface area contributed by atoms with E-state index in [-0.39, 0.29) is 0 Å². The minimum absolute atomic E-state index is 0.620. The zero-order valence-corrected chi connectivity index (χ0v) is 8.04. The van der Waals surface area contributed by atoms with Gasteiger partial charge in [0.15, 0.2) is 0 Å². The van der Waals surface area contributed by atoms with Gasteiger partial charge in [-0.3, -0.25) is 4.68 Å². The Morgan fingerprint density at radius 2 is 2.17 bits per heavy atom. The first-order valence-corrected chi connectivity index (χ1v) is 4.72. The lowest BCUT2D eigenvalue weighted by Crippen LogP contribution is -1.99. The lowest BCUT2D eigenvalue weighted by Gasteiger charge is -2.06. The Bertz CT molecular complexity index is 282. The highest BCUT2D eigenvalue weighted by Crippen LogP contribution is 2.42. The first-order chi connectivity index (χ1) is 5.70. The zero-order chi connectivity index (χ0) is 8.72. The highest BCUT2D eigenvalue weighted by Gasteiger charge is 2.29. The molecule has 12 heavy (non-hydrogen) atoms. The van der Waals surface area contributed by atoms with E-state index in [2.05, 4.69) is 26.0 Å². The molecule has 0 saturated heterocycles. The molecule has 1 heterocycles. The van der Waals surface area contributed by atoms with Gasteiger partial charge in [0.1, 0.15) is 0 Å². The summed E-state index contributed by atoms with van der Waals surface area (Å²) in [5.74, 6) is 1.43. The molecule has 0 radical (unpaired) electrons. The summed E-state index contributed by atoms with van der Waals surface area (Å²) in [5.41, 5.74) is 2.92. The van der Waals surface area contributed by atoms with Gasteiger partial charge < -0.3 is 0 Å². The molecule has 0 unspecified atom stereocenters. The average molecular weight is 164 g/mol. The monoisotopic (exact) mass is 164 g/mol. The predicted molar refractivity (Wildman–Crippen MR) is 49.3 cm³/mol. The minimum Gasteiger partial charge on any atom is -0.272 e. The summed E-state index contributed by atoms with van der Waals surface area (Å²) in [6.07, 6.45) is 4.75. The van der Waals surface area contributed by atoms with Crippen LogP contribution in [0.15, 0.2) is 6.20 Å². The standard InChI is InChI=1S/C10H16N2/c1-7(2)9-6-11-12(3)10(9)8-4-5-8/h6-8H,4-5H2,1-3H3. The molecule has 1 saturated carbocycles. The first-order valence-electron chi connectivity index (χ1n) is 4.72. The fourth-order valence-corrected chi connectivity index (χ4v) is 1.77. The van der Waals surface area contributed by atoms with E-state index in [1.54, 1.807) is 0 Å². The van der Waals surface area contributed by atoms with Gasteiger partial charge in [-0.2, -0.15) is 5.10 Å². The maximum absolute atomic E-state index is 4.32. The number of nitrogens with zero attached hydrogens (tertiary/aromatic N) is 2. The van der Waals surface area contributed by atoms with Crippen LogP contribution in [0.4, 0.5) is 0 Å². The molecule has 0 aliphatic heterocycles.